The summed E-state index contributed by atoms with van der Waals surface area (Å²) in [5.74, 6) is -0.242. The summed E-state index contributed by atoms with van der Waals surface area (Å²) in [7, 11) is 0. The number of nitrogens with one attached hydrogen (secondary N) is 1. The molecule has 0 radical (unpaired) electrons. The lowest BCUT2D eigenvalue weighted by atomic mass is 10.3. The van der Waals surface area contributed by atoms with Gasteiger partial charge in [0.25, 0.3) is 5.91 Å². The SMILES string of the molecule is O=Cc1ccc(C(=O)Nc2cccc(Cl)c2)o1. The lowest BCUT2D eigenvalue weighted by Gasteiger charge is -2.02. The van der Waals surface area contributed by atoms with Gasteiger partial charge in [0.1, 0.15) is 0 Å². The number of anilines is 1. The molecule has 0 aliphatic heterocycles. The van der Waals surface area contributed by atoms with E-state index < -0.39 is 5.91 Å². The summed E-state index contributed by atoms with van der Waals surface area (Å²) in [6, 6.07) is 9.60. The first-order valence-corrected chi connectivity index (χ1v) is 5.19. The molecule has 0 aliphatic rings. The predicted molar refractivity (Wildman–Crippen MR) is 63.5 cm³/mol. The third-order valence-electron chi connectivity index (χ3n) is 2.05. The Morgan fingerprint density at radius 1 is 1.29 bits per heavy atom. The van der Waals surface area contributed by atoms with Crippen molar-refractivity contribution in [3.8, 4) is 0 Å². The molecule has 0 saturated heterocycles. The van der Waals surface area contributed by atoms with Crippen molar-refractivity contribution in [3.63, 3.8) is 0 Å². The van der Waals surface area contributed by atoms with Gasteiger partial charge in [-0.15, -0.1) is 0 Å². The van der Waals surface area contributed by atoms with Crippen molar-refractivity contribution in [2.75, 3.05) is 5.32 Å². The molecular weight excluding hydrogens is 242 g/mol. The van der Waals surface area contributed by atoms with Gasteiger partial charge in [-0.25, -0.2) is 0 Å². The van der Waals surface area contributed by atoms with Crippen LogP contribution in [0.4, 0.5) is 5.69 Å². The van der Waals surface area contributed by atoms with Crippen molar-refractivity contribution in [1.82, 2.24) is 0 Å². The van der Waals surface area contributed by atoms with Crippen LogP contribution in [-0.4, -0.2) is 12.2 Å². The lowest BCUT2D eigenvalue weighted by molar-refractivity contribution is 0.0992. The number of carbonyl (C=O) groups is 2. The number of carbonyl (C=O) groups excluding carboxylic acids is 2. The van der Waals surface area contributed by atoms with Gasteiger partial charge >= 0.3 is 0 Å². The van der Waals surface area contributed by atoms with Gasteiger partial charge < -0.3 is 9.73 Å². The van der Waals surface area contributed by atoms with Crippen molar-refractivity contribution in [2.45, 2.75) is 0 Å². The van der Waals surface area contributed by atoms with Crippen LogP contribution < -0.4 is 5.32 Å². The van der Waals surface area contributed by atoms with E-state index in [1.807, 2.05) is 0 Å². The fraction of sp³-hybridized carbons (Fsp3) is 0. The van der Waals surface area contributed by atoms with E-state index in [1.54, 1.807) is 24.3 Å². The third-order valence-corrected chi connectivity index (χ3v) is 2.28. The molecule has 1 amide bonds. The molecule has 0 unspecified atom stereocenters. The highest BCUT2D eigenvalue weighted by atomic mass is 35.5. The monoisotopic (exact) mass is 249 g/mol. The molecule has 0 bridgehead atoms. The number of halogens is 1. The zero-order valence-corrected chi connectivity index (χ0v) is 9.40. The number of benzene rings is 1. The summed E-state index contributed by atoms with van der Waals surface area (Å²) in [4.78, 5) is 22.1. The Morgan fingerprint density at radius 3 is 2.76 bits per heavy atom. The minimum absolute atomic E-state index is 0.0760. The Balaban J connectivity index is 2.14. The highest BCUT2D eigenvalue weighted by Gasteiger charge is 2.11. The Kier molecular flexibility index (Phi) is 3.25. The third kappa shape index (κ3) is 2.73. The molecule has 4 nitrogen and oxygen atoms in total. The molecule has 0 fully saturated rings. The first kappa shape index (κ1) is 11.4. The zero-order chi connectivity index (χ0) is 12.3. The van der Waals surface area contributed by atoms with E-state index in [0.717, 1.165) is 0 Å². The molecule has 1 N–H and O–H groups in total. The number of amides is 1. The average molecular weight is 250 g/mol. The summed E-state index contributed by atoms with van der Waals surface area (Å²) in [5, 5.41) is 3.13. The molecule has 5 heteroatoms. The molecular formula is C12H8ClNO3. The van der Waals surface area contributed by atoms with E-state index in [4.69, 9.17) is 16.0 Å². The highest BCUT2D eigenvalue weighted by molar-refractivity contribution is 6.30. The van der Waals surface area contributed by atoms with Crippen LogP contribution in [0.5, 0.6) is 0 Å². The minimum atomic E-state index is -0.430. The molecule has 0 atom stereocenters. The second kappa shape index (κ2) is 4.84. The zero-order valence-electron chi connectivity index (χ0n) is 8.64. The van der Waals surface area contributed by atoms with E-state index in [0.29, 0.717) is 17.0 Å². The van der Waals surface area contributed by atoms with Crippen LogP contribution in [0.25, 0.3) is 0 Å². The average Bonchev–Trinajstić information content (AvgIpc) is 2.77. The Labute approximate surface area is 102 Å². The van der Waals surface area contributed by atoms with Gasteiger partial charge in [-0.05, 0) is 30.3 Å². The maximum absolute atomic E-state index is 11.7. The second-order valence-corrected chi connectivity index (χ2v) is 3.72. The van der Waals surface area contributed by atoms with Crippen molar-refractivity contribution in [3.05, 3.63) is 52.9 Å². The van der Waals surface area contributed by atoms with Gasteiger partial charge in [0.15, 0.2) is 17.8 Å². The van der Waals surface area contributed by atoms with E-state index in [2.05, 4.69) is 5.32 Å². The van der Waals surface area contributed by atoms with Crippen LogP contribution in [0.1, 0.15) is 21.1 Å². The van der Waals surface area contributed by atoms with Crippen LogP contribution in [0, 0.1) is 0 Å². The van der Waals surface area contributed by atoms with Gasteiger partial charge in [0, 0.05) is 10.7 Å². The molecule has 1 heterocycles. The molecule has 0 spiro atoms. The van der Waals surface area contributed by atoms with Gasteiger partial charge in [-0.3, -0.25) is 9.59 Å². The number of rotatable bonds is 3. The first-order chi connectivity index (χ1) is 8.19. The summed E-state index contributed by atoms with van der Waals surface area (Å²) >= 11 is 5.78. The predicted octanol–water partition coefficient (Wildman–Crippen LogP) is 3.00. The number of hydrogen-bond donors (Lipinski definition) is 1. The molecule has 86 valence electrons. The Hall–Kier alpha value is -2.07. The van der Waals surface area contributed by atoms with E-state index in [9.17, 15) is 9.59 Å². The Morgan fingerprint density at radius 2 is 2.12 bits per heavy atom. The summed E-state index contributed by atoms with van der Waals surface area (Å²) in [6.07, 6.45) is 0.538. The standard InChI is InChI=1S/C12H8ClNO3/c13-8-2-1-3-9(6-8)14-12(16)11-5-4-10(7-15)17-11/h1-7H,(H,14,16). The van der Waals surface area contributed by atoms with Gasteiger partial charge in [0.2, 0.25) is 0 Å². The van der Waals surface area contributed by atoms with Crippen LogP contribution in [0.15, 0.2) is 40.8 Å². The van der Waals surface area contributed by atoms with Crippen LogP contribution in [0.2, 0.25) is 5.02 Å². The quantitative estimate of drug-likeness (QED) is 0.851. The fourth-order valence-electron chi connectivity index (χ4n) is 1.30. The molecule has 17 heavy (non-hydrogen) atoms. The Bertz CT molecular complexity index is 562. The molecule has 1 aromatic heterocycles. The van der Waals surface area contributed by atoms with Gasteiger partial charge in [-0.2, -0.15) is 0 Å². The van der Waals surface area contributed by atoms with Crippen LogP contribution in [0.3, 0.4) is 0 Å². The van der Waals surface area contributed by atoms with Crippen molar-refractivity contribution >= 4 is 29.5 Å². The van der Waals surface area contributed by atoms with Crippen molar-refractivity contribution in [2.24, 2.45) is 0 Å². The molecule has 0 aliphatic carbocycles. The minimum Gasteiger partial charge on any atom is -0.448 e. The summed E-state index contributed by atoms with van der Waals surface area (Å²) in [6.45, 7) is 0. The van der Waals surface area contributed by atoms with E-state index in [1.165, 1.54) is 12.1 Å². The van der Waals surface area contributed by atoms with Crippen LogP contribution in [-0.2, 0) is 0 Å². The van der Waals surface area contributed by atoms with E-state index >= 15 is 0 Å². The fourth-order valence-corrected chi connectivity index (χ4v) is 1.49. The summed E-state index contributed by atoms with van der Waals surface area (Å²) < 4.78 is 4.98. The lowest BCUT2D eigenvalue weighted by Crippen LogP contribution is -2.10. The smallest absolute Gasteiger partial charge is 0.291 e. The summed E-state index contributed by atoms with van der Waals surface area (Å²) in [5.41, 5.74) is 0.562. The molecule has 2 rings (SSSR count). The van der Waals surface area contributed by atoms with Crippen LogP contribution >= 0.6 is 11.6 Å². The largest absolute Gasteiger partial charge is 0.448 e. The van der Waals surface area contributed by atoms with Crippen molar-refractivity contribution < 1.29 is 14.0 Å². The van der Waals surface area contributed by atoms with Crippen molar-refractivity contribution in [1.29, 1.82) is 0 Å². The molecule has 0 saturated carbocycles. The van der Waals surface area contributed by atoms with Gasteiger partial charge in [-0.1, -0.05) is 17.7 Å². The molecule has 1 aromatic carbocycles. The normalized spacial score (nSPS) is 9.94. The molecule has 2 aromatic rings. The first-order valence-electron chi connectivity index (χ1n) is 4.81. The maximum Gasteiger partial charge on any atom is 0.291 e. The highest BCUT2D eigenvalue weighted by Crippen LogP contribution is 2.16. The number of aldehydes is 1. The number of hydrogen-bond acceptors (Lipinski definition) is 3. The van der Waals surface area contributed by atoms with E-state index in [-0.39, 0.29) is 11.5 Å². The second-order valence-electron chi connectivity index (χ2n) is 3.28. The van der Waals surface area contributed by atoms with Gasteiger partial charge in [0.05, 0.1) is 0 Å². The maximum atomic E-state index is 11.7. The number of furan rings is 1. The topological polar surface area (TPSA) is 59.3 Å².